The molecule has 2 aromatic carbocycles. The molecule has 0 saturated heterocycles. The molecular formula is C23H20F3N5O. The molecule has 4 rings (SSSR count). The van der Waals surface area contributed by atoms with Crippen molar-refractivity contribution in [1.82, 2.24) is 19.5 Å². The molecule has 0 atom stereocenters. The van der Waals surface area contributed by atoms with Gasteiger partial charge >= 0.3 is 6.18 Å². The van der Waals surface area contributed by atoms with Crippen LogP contribution >= 0.6 is 0 Å². The van der Waals surface area contributed by atoms with Gasteiger partial charge in [0, 0.05) is 34.7 Å². The van der Waals surface area contributed by atoms with Crippen LogP contribution in [0.1, 0.15) is 41.8 Å². The van der Waals surface area contributed by atoms with Crippen molar-refractivity contribution in [2.24, 2.45) is 0 Å². The predicted molar refractivity (Wildman–Crippen MR) is 115 cm³/mol. The van der Waals surface area contributed by atoms with Gasteiger partial charge in [0.25, 0.3) is 5.91 Å². The third kappa shape index (κ3) is 4.18. The van der Waals surface area contributed by atoms with E-state index in [0.717, 1.165) is 15.8 Å². The van der Waals surface area contributed by atoms with Gasteiger partial charge in [-0.1, -0.05) is 0 Å². The molecule has 4 aromatic rings. The first-order chi connectivity index (χ1) is 15.1. The number of nitrogens with zero attached hydrogens (tertiary/aromatic N) is 4. The van der Waals surface area contributed by atoms with E-state index in [9.17, 15) is 18.0 Å². The zero-order valence-corrected chi connectivity index (χ0v) is 17.6. The highest BCUT2D eigenvalue weighted by atomic mass is 19.4. The molecule has 9 heteroatoms. The first kappa shape index (κ1) is 21.5. The molecule has 0 radical (unpaired) electrons. The van der Waals surface area contributed by atoms with Crippen LogP contribution in [-0.2, 0) is 6.18 Å². The van der Waals surface area contributed by atoms with E-state index in [1.165, 1.54) is 18.2 Å². The van der Waals surface area contributed by atoms with Crippen molar-refractivity contribution in [3.8, 4) is 11.4 Å². The van der Waals surface area contributed by atoms with Crippen molar-refractivity contribution < 1.29 is 18.0 Å². The summed E-state index contributed by atoms with van der Waals surface area (Å²) in [6.07, 6.45) is -2.91. The normalized spacial score (nSPS) is 11.8. The first-order valence-corrected chi connectivity index (χ1v) is 9.94. The monoisotopic (exact) mass is 439 g/mol. The average Bonchev–Trinajstić information content (AvgIpc) is 3.14. The zero-order chi connectivity index (χ0) is 23.0. The number of benzene rings is 2. The van der Waals surface area contributed by atoms with Gasteiger partial charge in [0.05, 0.1) is 11.0 Å². The number of anilines is 1. The molecule has 2 aromatic heterocycles. The van der Waals surface area contributed by atoms with E-state index in [-0.39, 0.29) is 11.1 Å². The number of aryl methyl sites for hydroxylation is 1. The summed E-state index contributed by atoms with van der Waals surface area (Å²) in [5, 5.41) is 2.75. The number of fused-ring (bicyclic) bond motifs is 1. The van der Waals surface area contributed by atoms with Crippen LogP contribution in [-0.4, -0.2) is 25.4 Å². The molecule has 0 unspecified atom stereocenters. The van der Waals surface area contributed by atoms with Crippen LogP contribution in [0.25, 0.3) is 22.4 Å². The Bertz CT molecular complexity index is 1290. The van der Waals surface area contributed by atoms with Gasteiger partial charge in [-0.3, -0.25) is 4.79 Å². The highest BCUT2D eigenvalue weighted by molar-refractivity contribution is 6.06. The summed E-state index contributed by atoms with van der Waals surface area (Å²) in [5.41, 5.74) is 2.83. The Hall–Kier alpha value is -3.75. The third-order valence-electron chi connectivity index (χ3n) is 4.92. The summed E-state index contributed by atoms with van der Waals surface area (Å²) in [7, 11) is 0. The molecule has 32 heavy (non-hydrogen) atoms. The van der Waals surface area contributed by atoms with Gasteiger partial charge in [-0.05, 0) is 69.3 Å². The van der Waals surface area contributed by atoms with Gasteiger partial charge in [0.2, 0.25) is 5.82 Å². The average molecular weight is 439 g/mol. The molecule has 1 amide bonds. The summed E-state index contributed by atoms with van der Waals surface area (Å²) in [6.45, 7) is 5.18. The first-order valence-electron chi connectivity index (χ1n) is 9.94. The molecule has 6 nitrogen and oxygen atoms in total. The minimum Gasteiger partial charge on any atom is -0.322 e. The molecule has 0 fully saturated rings. The maximum Gasteiger partial charge on any atom is 0.449 e. The lowest BCUT2D eigenvalue weighted by atomic mass is 10.1. The Morgan fingerprint density at radius 3 is 2.38 bits per heavy atom. The van der Waals surface area contributed by atoms with Gasteiger partial charge in [-0.15, -0.1) is 0 Å². The van der Waals surface area contributed by atoms with Crippen molar-refractivity contribution in [1.29, 1.82) is 0 Å². The lowest BCUT2D eigenvalue weighted by molar-refractivity contribution is -0.147. The Morgan fingerprint density at radius 1 is 1.03 bits per heavy atom. The number of hydrogen-bond acceptors (Lipinski definition) is 4. The highest BCUT2D eigenvalue weighted by Gasteiger charge is 2.38. The van der Waals surface area contributed by atoms with Gasteiger partial charge in [-0.25, -0.2) is 15.0 Å². The number of nitrogens with one attached hydrogen (secondary N) is 1. The molecular weight excluding hydrogens is 419 g/mol. The third-order valence-corrected chi connectivity index (χ3v) is 4.92. The summed E-state index contributed by atoms with van der Waals surface area (Å²) in [6, 6.07) is 12.7. The largest absolute Gasteiger partial charge is 0.449 e. The van der Waals surface area contributed by atoms with Crippen LogP contribution in [0.15, 0.2) is 54.7 Å². The topological polar surface area (TPSA) is 72.7 Å². The zero-order valence-electron chi connectivity index (χ0n) is 17.6. The van der Waals surface area contributed by atoms with Crippen molar-refractivity contribution in [3.63, 3.8) is 0 Å². The van der Waals surface area contributed by atoms with E-state index in [1.807, 2.05) is 6.92 Å². The fraction of sp³-hybridized carbons (Fsp3) is 0.217. The van der Waals surface area contributed by atoms with Crippen LogP contribution in [0.5, 0.6) is 0 Å². The van der Waals surface area contributed by atoms with Crippen molar-refractivity contribution in [2.45, 2.75) is 33.0 Å². The number of aromatic nitrogens is 4. The van der Waals surface area contributed by atoms with Crippen LogP contribution < -0.4 is 5.32 Å². The maximum atomic E-state index is 13.4. The maximum absolute atomic E-state index is 13.4. The van der Waals surface area contributed by atoms with Gasteiger partial charge in [0.1, 0.15) is 0 Å². The highest BCUT2D eigenvalue weighted by Crippen LogP contribution is 2.34. The molecule has 2 heterocycles. The number of amides is 1. The molecule has 0 aliphatic carbocycles. The van der Waals surface area contributed by atoms with Crippen molar-refractivity contribution in [3.05, 3.63) is 71.8 Å². The number of carbonyl (C=O) groups excluding carboxylic acids is 1. The summed E-state index contributed by atoms with van der Waals surface area (Å²) >= 11 is 0. The second kappa shape index (κ2) is 8.07. The van der Waals surface area contributed by atoms with E-state index in [4.69, 9.17) is 0 Å². The Labute approximate surface area is 182 Å². The number of imidazole rings is 1. The van der Waals surface area contributed by atoms with Crippen LogP contribution in [0.2, 0.25) is 0 Å². The standard InChI is InChI=1S/C23H20F3N5O/c1-13(2)31-19-9-6-16(12-18(19)30-22(31)23(24,25)26)21(32)29-17-7-4-15(5-8-17)20-27-11-10-14(3)28-20/h4-13H,1-3H3,(H,29,32). The SMILES string of the molecule is Cc1ccnc(-c2ccc(NC(=O)c3ccc4c(c3)nc(C(F)(F)F)n4C(C)C)cc2)n1. The van der Waals surface area contributed by atoms with Crippen LogP contribution in [0.4, 0.5) is 18.9 Å². The Morgan fingerprint density at radius 2 is 1.75 bits per heavy atom. The minimum atomic E-state index is -4.59. The quantitative estimate of drug-likeness (QED) is 0.446. The number of halogens is 3. The van der Waals surface area contributed by atoms with Crippen molar-refractivity contribution >= 4 is 22.6 Å². The minimum absolute atomic E-state index is 0.116. The fourth-order valence-electron chi connectivity index (χ4n) is 3.46. The summed E-state index contributed by atoms with van der Waals surface area (Å²) in [4.78, 5) is 25.0. The van der Waals surface area contributed by atoms with Gasteiger partial charge in [-0.2, -0.15) is 13.2 Å². The summed E-state index contributed by atoms with van der Waals surface area (Å²) < 4.78 is 41.3. The smallest absolute Gasteiger partial charge is 0.322 e. The number of alkyl halides is 3. The molecule has 0 aliphatic rings. The molecule has 164 valence electrons. The number of hydrogen-bond donors (Lipinski definition) is 1. The molecule has 0 spiro atoms. The van der Waals surface area contributed by atoms with Crippen LogP contribution in [0, 0.1) is 6.92 Å². The van der Waals surface area contributed by atoms with E-state index in [1.54, 1.807) is 50.4 Å². The molecule has 0 aliphatic heterocycles. The predicted octanol–water partition coefficient (Wildman–Crippen LogP) is 5.65. The number of carbonyl (C=O) groups is 1. The second-order valence-electron chi connectivity index (χ2n) is 7.65. The van der Waals surface area contributed by atoms with E-state index in [0.29, 0.717) is 17.0 Å². The second-order valence-corrected chi connectivity index (χ2v) is 7.65. The lowest BCUT2D eigenvalue weighted by Crippen LogP contribution is -2.16. The fourth-order valence-corrected chi connectivity index (χ4v) is 3.46. The molecule has 1 N–H and O–H groups in total. The Kier molecular flexibility index (Phi) is 5.41. The lowest BCUT2D eigenvalue weighted by Gasteiger charge is -2.14. The van der Waals surface area contributed by atoms with Crippen LogP contribution in [0.3, 0.4) is 0 Å². The van der Waals surface area contributed by atoms with Gasteiger partial charge in [0.15, 0.2) is 5.82 Å². The molecule has 0 saturated carbocycles. The van der Waals surface area contributed by atoms with Gasteiger partial charge < -0.3 is 9.88 Å². The Balaban J connectivity index is 1.59. The van der Waals surface area contributed by atoms with E-state index >= 15 is 0 Å². The van der Waals surface area contributed by atoms with Crippen molar-refractivity contribution in [2.75, 3.05) is 5.32 Å². The molecule has 0 bridgehead atoms. The van der Waals surface area contributed by atoms with E-state index in [2.05, 4.69) is 20.3 Å². The number of rotatable bonds is 4. The summed E-state index contributed by atoms with van der Waals surface area (Å²) in [5.74, 6) is -0.845. The van der Waals surface area contributed by atoms with E-state index < -0.39 is 23.9 Å².